The number of amides is 1. The van der Waals surface area contributed by atoms with Crippen LogP contribution in [-0.4, -0.2) is 114 Å². The molecular formula is C19H37N7O8. The molecule has 0 aromatic rings. The Morgan fingerprint density at radius 3 is 2.53 bits per heavy atom. The molecule has 10 atom stereocenters. The lowest BCUT2D eigenvalue weighted by atomic mass is 9.84. The monoisotopic (exact) mass is 491 g/mol. The summed E-state index contributed by atoms with van der Waals surface area (Å²) in [6, 6.07) is -1.42. The maximum absolute atomic E-state index is 11.4. The van der Waals surface area contributed by atoms with Crippen LogP contribution in [0.4, 0.5) is 4.79 Å². The lowest BCUT2D eigenvalue weighted by Gasteiger charge is -2.53. The average molecular weight is 492 g/mol. The Bertz CT molecular complexity index is 749. The minimum atomic E-state index is -2.53. The standard InChI is InChI=1S/C19H37N7O8/c1-31-10-4-3-8(5-11(10)32-2)14(27)34-12-6-26-16(21)23-9(7-33-17(22)28)13-18(26,19(12,29)30)25-15(20)24-13/h8-16,23-25,27,29-30H,3-7,20-21H2,1-2H3,(H2,22,28)/t8?,9-,10?,11?,12-,13?,14?,15?,16?,18?/m0/s1. The quantitative estimate of drug-likeness (QED) is 0.152. The number of rotatable bonds is 7. The van der Waals surface area contributed by atoms with E-state index in [0.29, 0.717) is 19.3 Å². The van der Waals surface area contributed by atoms with Gasteiger partial charge in [0.05, 0.1) is 24.3 Å². The first-order chi connectivity index (χ1) is 16.0. The predicted molar refractivity (Wildman–Crippen MR) is 115 cm³/mol. The van der Waals surface area contributed by atoms with E-state index in [1.54, 1.807) is 19.1 Å². The first kappa shape index (κ1) is 25.9. The number of nitrogens with one attached hydrogen (secondary N) is 3. The molecule has 1 saturated carbocycles. The van der Waals surface area contributed by atoms with Gasteiger partial charge in [-0.3, -0.25) is 16.0 Å². The lowest BCUT2D eigenvalue weighted by Crippen LogP contribution is -2.83. The van der Waals surface area contributed by atoms with Crippen molar-refractivity contribution in [2.75, 3.05) is 27.4 Å². The van der Waals surface area contributed by atoms with E-state index in [4.69, 9.17) is 36.1 Å². The van der Waals surface area contributed by atoms with E-state index in [1.807, 2.05) is 0 Å². The smallest absolute Gasteiger partial charge is 0.404 e. The van der Waals surface area contributed by atoms with E-state index < -0.39 is 54.6 Å². The van der Waals surface area contributed by atoms with E-state index in [-0.39, 0.29) is 31.3 Å². The van der Waals surface area contributed by atoms with Gasteiger partial charge in [0.2, 0.25) is 5.79 Å². The zero-order chi connectivity index (χ0) is 24.8. The number of nitrogens with two attached hydrogens (primary N) is 3. The van der Waals surface area contributed by atoms with Crippen molar-refractivity contribution in [3.63, 3.8) is 0 Å². The number of hydrogen-bond acceptors (Lipinski definition) is 14. The Labute approximate surface area is 197 Å². The molecule has 3 heterocycles. The molecule has 15 heteroatoms. The summed E-state index contributed by atoms with van der Waals surface area (Å²) in [5.74, 6) is -2.83. The van der Waals surface area contributed by atoms with Crippen molar-refractivity contribution in [2.24, 2.45) is 23.1 Å². The second kappa shape index (κ2) is 9.68. The molecule has 4 aliphatic rings. The van der Waals surface area contributed by atoms with Crippen molar-refractivity contribution < 1.29 is 39.1 Å². The maximum Gasteiger partial charge on any atom is 0.404 e. The molecule has 0 aromatic carbocycles. The van der Waals surface area contributed by atoms with Crippen LogP contribution in [0.15, 0.2) is 0 Å². The molecule has 4 fully saturated rings. The number of aliphatic hydroxyl groups excluding tert-OH is 1. The molecule has 0 radical (unpaired) electrons. The summed E-state index contributed by atoms with van der Waals surface area (Å²) in [5, 5.41) is 42.8. The summed E-state index contributed by atoms with van der Waals surface area (Å²) in [6.07, 6.45) is -3.73. The summed E-state index contributed by atoms with van der Waals surface area (Å²) in [6.45, 7) is -0.212. The summed E-state index contributed by atoms with van der Waals surface area (Å²) in [7, 11) is 3.20. The minimum Gasteiger partial charge on any atom is -0.448 e. The largest absolute Gasteiger partial charge is 0.448 e. The number of ether oxygens (including phenoxy) is 4. The SMILES string of the molecule is COC1CCC(C(O)O[C@H]2CN3C(N)N[C@@H](COC(N)=O)C4NC(N)NC43C2(O)O)CC1OC. The van der Waals surface area contributed by atoms with E-state index in [1.165, 1.54) is 0 Å². The molecular weight excluding hydrogens is 454 g/mol. The highest BCUT2D eigenvalue weighted by Gasteiger charge is 2.74. The van der Waals surface area contributed by atoms with Crippen LogP contribution in [0.3, 0.4) is 0 Å². The third-order valence-corrected chi connectivity index (χ3v) is 7.62. The van der Waals surface area contributed by atoms with Crippen molar-refractivity contribution >= 4 is 6.09 Å². The molecule has 196 valence electrons. The second-order valence-corrected chi connectivity index (χ2v) is 9.40. The zero-order valence-electron chi connectivity index (χ0n) is 19.3. The van der Waals surface area contributed by atoms with Gasteiger partial charge in [0.15, 0.2) is 12.0 Å². The number of primary amides is 1. The third kappa shape index (κ3) is 4.19. The fourth-order valence-corrected chi connectivity index (χ4v) is 5.97. The van der Waals surface area contributed by atoms with E-state index >= 15 is 0 Å². The first-order valence-corrected chi connectivity index (χ1v) is 11.4. The van der Waals surface area contributed by atoms with E-state index in [2.05, 4.69) is 16.0 Å². The van der Waals surface area contributed by atoms with E-state index in [0.717, 1.165) is 0 Å². The molecule has 1 amide bonds. The maximum atomic E-state index is 11.4. The van der Waals surface area contributed by atoms with Crippen LogP contribution in [0.25, 0.3) is 0 Å². The van der Waals surface area contributed by atoms with Crippen LogP contribution in [-0.2, 0) is 18.9 Å². The molecule has 0 aromatic heterocycles. The molecule has 8 unspecified atom stereocenters. The van der Waals surface area contributed by atoms with Crippen LogP contribution < -0.4 is 33.2 Å². The number of carbonyl (C=O) groups excluding carboxylic acids is 1. The summed E-state index contributed by atoms with van der Waals surface area (Å²) >= 11 is 0. The number of nitrogens with zero attached hydrogens (tertiary/aromatic N) is 1. The lowest BCUT2D eigenvalue weighted by molar-refractivity contribution is -0.304. The van der Waals surface area contributed by atoms with Crippen molar-refractivity contribution in [1.82, 2.24) is 20.9 Å². The van der Waals surface area contributed by atoms with Gasteiger partial charge in [0.1, 0.15) is 25.3 Å². The highest BCUT2D eigenvalue weighted by atomic mass is 16.6. The van der Waals surface area contributed by atoms with Crippen LogP contribution in [0, 0.1) is 5.92 Å². The number of aliphatic hydroxyl groups is 3. The summed E-state index contributed by atoms with van der Waals surface area (Å²) < 4.78 is 21.7. The van der Waals surface area contributed by atoms with Gasteiger partial charge in [0.25, 0.3) is 0 Å². The Balaban J connectivity index is 1.53. The van der Waals surface area contributed by atoms with Gasteiger partial charge in [0, 0.05) is 26.7 Å². The van der Waals surface area contributed by atoms with Crippen molar-refractivity contribution in [2.45, 2.75) is 80.0 Å². The van der Waals surface area contributed by atoms with Crippen LogP contribution in [0.5, 0.6) is 0 Å². The first-order valence-electron chi connectivity index (χ1n) is 11.4. The molecule has 3 saturated heterocycles. The number of hydrogen-bond donors (Lipinski definition) is 9. The number of carbonyl (C=O) groups is 1. The van der Waals surface area contributed by atoms with Gasteiger partial charge in [-0.05, 0) is 19.3 Å². The normalized spacial score (nSPS) is 44.9. The Morgan fingerprint density at radius 1 is 1.18 bits per heavy atom. The predicted octanol–water partition coefficient (Wildman–Crippen LogP) is -4.67. The van der Waals surface area contributed by atoms with Gasteiger partial charge in [-0.25, -0.2) is 9.69 Å². The van der Waals surface area contributed by atoms with Gasteiger partial charge in [-0.2, -0.15) is 0 Å². The molecule has 1 spiro atoms. The molecule has 12 N–H and O–H groups in total. The molecule has 15 nitrogen and oxygen atoms in total. The number of methoxy groups -OCH3 is 2. The molecule has 34 heavy (non-hydrogen) atoms. The third-order valence-electron chi connectivity index (χ3n) is 7.62. The van der Waals surface area contributed by atoms with E-state index in [9.17, 15) is 20.1 Å². The fourth-order valence-electron chi connectivity index (χ4n) is 5.97. The van der Waals surface area contributed by atoms with Crippen LogP contribution in [0.1, 0.15) is 19.3 Å². The topological polar surface area (TPSA) is 232 Å². The summed E-state index contributed by atoms with van der Waals surface area (Å²) in [5.41, 5.74) is 15.9. The molecule has 4 rings (SSSR count). The average Bonchev–Trinajstić information content (AvgIpc) is 3.26. The highest BCUT2D eigenvalue weighted by Crippen LogP contribution is 2.45. The fraction of sp³-hybridized carbons (Fsp3) is 0.947. The highest BCUT2D eigenvalue weighted by molar-refractivity contribution is 5.64. The van der Waals surface area contributed by atoms with Gasteiger partial charge in [-0.15, -0.1) is 0 Å². The summed E-state index contributed by atoms with van der Waals surface area (Å²) in [4.78, 5) is 12.7. The molecule has 0 bridgehead atoms. The van der Waals surface area contributed by atoms with Crippen molar-refractivity contribution in [3.8, 4) is 0 Å². The van der Waals surface area contributed by atoms with Gasteiger partial charge in [-0.1, -0.05) is 0 Å². The molecule has 3 aliphatic heterocycles. The van der Waals surface area contributed by atoms with Crippen molar-refractivity contribution in [3.05, 3.63) is 0 Å². The second-order valence-electron chi connectivity index (χ2n) is 9.40. The Kier molecular flexibility index (Phi) is 7.37. The minimum absolute atomic E-state index is 0.0271. The Hall–Kier alpha value is -1.21. The van der Waals surface area contributed by atoms with Gasteiger partial charge < -0.3 is 51.5 Å². The van der Waals surface area contributed by atoms with Gasteiger partial charge >= 0.3 is 6.09 Å². The Morgan fingerprint density at radius 2 is 1.88 bits per heavy atom. The van der Waals surface area contributed by atoms with Crippen LogP contribution >= 0.6 is 0 Å². The molecule has 1 aliphatic carbocycles. The zero-order valence-corrected chi connectivity index (χ0v) is 19.3. The van der Waals surface area contributed by atoms with Crippen molar-refractivity contribution in [1.29, 1.82) is 0 Å². The van der Waals surface area contributed by atoms with Crippen LogP contribution in [0.2, 0.25) is 0 Å².